The van der Waals surface area contributed by atoms with Crippen LogP contribution < -0.4 is 0 Å². The molecule has 0 unspecified atom stereocenters. The van der Waals surface area contributed by atoms with Gasteiger partial charge in [-0.3, -0.25) is 0 Å². The third-order valence-corrected chi connectivity index (χ3v) is 1.86. The molecule has 0 aliphatic carbocycles. The van der Waals surface area contributed by atoms with Crippen molar-refractivity contribution in [3.63, 3.8) is 0 Å². The second-order valence-corrected chi connectivity index (χ2v) is 2.87. The van der Waals surface area contributed by atoms with Crippen LogP contribution in [-0.4, -0.2) is 18.9 Å². The van der Waals surface area contributed by atoms with Crippen LogP contribution in [0.2, 0.25) is 0 Å². The van der Waals surface area contributed by atoms with Crippen molar-refractivity contribution >= 4 is 18.9 Å². The predicted molar refractivity (Wildman–Crippen MR) is 55.7 cm³/mol. The average Bonchev–Trinajstić information content (AvgIpc) is 2.07. The molecule has 1 aromatic rings. The Morgan fingerprint density at radius 1 is 1.17 bits per heavy atom. The summed E-state index contributed by atoms with van der Waals surface area (Å²) >= 11 is 0. The van der Waals surface area contributed by atoms with Gasteiger partial charge in [-0.2, -0.15) is 0 Å². The van der Waals surface area contributed by atoms with Gasteiger partial charge in [0, 0.05) is 0 Å². The van der Waals surface area contributed by atoms with E-state index in [9.17, 15) is 0 Å². The maximum absolute atomic E-state index is 3.02. The van der Waals surface area contributed by atoms with Crippen LogP contribution in [-0.2, 0) is 6.42 Å². The van der Waals surface area contributed by atoms with Gasteiger partial charge in [0.2, 0.25) is 0 Å². The summed E-state index contributed by atoms with van der Waals surface area (Å²) in [6.45, 7) is 2.23. The van der Waals surface area contributed by atoms with E-state index in [0.717, 1.165) is 0 Å². The summed E-state index contributed by atoms with van der Waals surface area (Å²) in [5, 5.41) is 0. The van der Waals surface area contributed by atoms with Gasteiger partial charge in [0.25, 0.3) is 0 Å². The van der Waals surface area contributed by atoms with Crippen molar-refractivity contribution in [2.75, 3.05) is 0 Å². The van der Waals surface area contributed by atoms with E-state index in [1.165, 1.54) is 31.2 Å². The molecule has 0 bridgehead atoms. The Bertz CT molecular complexity index is 181. The summed E-state index contributed by atoms with van der Waals surface area (Å²) in [4.78, 5) is 0. The molecule has 0 spiro atoms. The Kier molecular flexibility index (Phi) is 7.35. The topological polar surface area (TPSA) is 0 Å². The fraction of sp³-hybridized carbons (Fsp3) is 0.455. The van der Waals surface area contributed by atoms with Crippen LogP contribution >= 0.6 is 0 Å². The molecule has 0 fully saturated rings. The molecule has 0 nitrogen and oxygen atoms in total. The Morgan fingerprint density at radius 3 is 2.42 bits per heavy atom. The summed E-state index contributed by atoms with van der Waals surface area (Å²) in [5.41, 5.74) is 1.44. The molecule has 1 aromatic carbocycles. The van der Waals surface area contributed by atoms with Crippen molar-refractivity contribution in [3.8, 4) is 0 Å². The van der Waals surface area contributed by atoms with Crippen LogP contribution in [0, 0.1) is 6.07 Å². The first-order valence-electron chi connectivity index (χ1n) is 4.38. The number of unbranched alkanes of at least 4 members (excludes halogenated alkanes) is 2. The van der Waals surface area contributed by atoms with Crippen LogP contribution in [0.25, 0.3) is 0 Å². The molecule has 12 heavy (non-hydrogen) atoms. The molecule has 0 aromatic heterocycles. The van der Waals surface area contributed by atoms with Gasteiger partial charge < -0.3 is 0 Å². The van der Waals surface area contributed by atoms with Crippen LogP contribution in [0.1, 0.15) is 31.7 Å². The fourth-order valence-electron chi connectivity index (χ4n) is 1.17. The minimum absolute atomic E-state index is 0. The summed E-state index contributed by atoms with van der Waals surface area (Å²) in [6, 6.07) is 11.3. The molecule has 0 amide bonds. The van der Waals surface area contributed by atoms with E-state index in [4.69, 9.17) is 0 Å². The van der Waals surface area contributed by atoms with Crippen LogP contribution in [0.4, 0.5) is 0 Å². The molecule has 0 saturated carbocycles. The van der Waals surface area contributed by atoms with E-state index < -0.39 is 0 Å². The van der Waals surface area contributed by atoms with Gasteiger partial charge in [-0.1, -0.05) is 44.0 Å². The molecule has 1 heteroatoms. The maximum atomic E-state index is 3.02. The van der Waals surface area contributed by atoms with Crippen LogP contribution in [0.3, 0.4) is 0 Å². The van der Waals surface area contributed by atoms with E-state index in [2.05, 4.69) is 25.1 Å². The molecule has 1 rings (SSSR count). The Balaban J connectivity index is 0.00000121. The van der Waals surface area contributed by atoms with Gasteiger partial charge in [-0.15, -0.1) is 0 Å². The average molecular weight is 155 g/mol. The zero-order valence-electron chi connectivity index (χ0n) is 7.14. The van der Waals surface area contributed by atoms with Gasteiger partial charge in [0.05, 0.1) is 0 Å². The molecule has 1 radical (unpaired) electrons. The van der Waals surface area contributed by atoms with E-state index in [1.807, 2.05) is 12.1 Å². The van der Waals surface area contributed by atoms with Gasteiger partial charge in [-0.05, 0) is 24.5 Å². The van der Waals surface area contributed by atoms with Crippen molar-refractivity contribution in [2.45, 2.75) is 32.6 Å². The summed E-state index contributed by atoms with van der Waals surface area (Å²) in [6.07, 6.45) is 5.20. The second-order valence-electron chi connectivity index (χ2n) is 2.87. The first kappa shape index (κ1) is 11.8. The summed E-state index contributed by atoms with van der Waals surface area (Å²) in [5.74, 6) is 0. The third kappa shape index (κ3) is 4.65. The van der Waals surface area contributed by atoms with Crippen molar-refractivity contribution in [3.05, 3.63) is 35.9 Å². The van der Waals surface area contributed by atoms with Gasteiger partial charge in [0.15, 0.2) is 0 Å². The van der Waals surface area contributed by atoms with Gasteiger partial charge >= 0.3 is 18.9 Å². The molecule has 0 atom stereocenters. The van der Waals surface area contributed by atoms with Crippen LogP contribution in [0.5, 0.6) is 0 Å². The predicted octanol–water partition coefficient (Wildman–Crippen LogP) is 2.57. The summed E-state index contributed by atoms with van der Waals surface area (Å²) < 4.78 is 0. The fourth-order valence-corrected chi connectivity index (χ4v) is 1.17. The van der Waals surface area contributed by atoms with Crippen molar-refractivity contribution in [1.29, 1.82) is 0 Å². The van der Waals surface area contributed by atoms with E-state index in [1.54, 1.807) is 0 Å². The third-order valence-electron chi connectivity index (χ3n) is 1.86. The zero-order valence-corrected chi connectivity index (χ0v) is 7.14. The van der Waals surface area contributed by atoms with E-state index in [0.29, 0.717) is 0 Å². The number of rotatable bonds is 4. The number of hydrogen-bond acceptors (Lipinski definition) is 0. The molecule has 0 aliphatic heterocycles. The normalized spacial score (nSPS) is 9.08. The molecular formula is C11H16Li. The van der Waals surface area contributed by atoms with Gasteiger partial charge in [-0.25, -0.2) is 0 Å². The molecule has 61 valence electrons. The van der Waals surface area contributed by atoms with E-state index >= 15 is 0 Å². The number of benzene rings is 1. The second kappa shape index (κ2) is 7.47. The monoisotopic (exact) mass is 155 g/mol. The van der Waals surface area contributed by atoms with Crippen molar-refractivity contribution in [1.82, 2.24) is 0 Å². The number of aryl methyl sites for hydroxylation is 1. The van der Waals surface area contributed by atoms with Gasteiger partial charge in [0.1, 0.15) is 0 Å². The van der Waals surface area contributed by atoms with Crippen LogP contribution in [0.15, 0.2) is 24.3 Å². The zero-order chi connectivity index (χ0) is 7.94. The molecule has 0 aliphatic rings. The Morgan fingerprint density at radius 2 is 1.83 bits per heavy atom. The quantitative estimate of drug-likeness (QED) is 0.463. The first-order chi connectivity index (χ1) is 5.43. The number of hydrogen-bond donors (Lipinski definition) is 0. The Hall–Kier alpha value is -0.183. The SMILES string of the molecule is CCCCCc1cc[c]cc1.[LiH]. The van der Waals surface area contributed by atoms with Crippen molar-refractivity contribution in [2.24, 2.45) is 0 Å². The first-order valence-corrected chi connectivity index (χ1v) is 4.38. The molecule has 0 N–H and O–H groups in total. The van der Waals surface area contributed by atoms with E-state index in [-0.39, 0.29) is 18.9 Å². The minimum atomic E-state index is 0. The van der Waals surface area contributed by atoms with Crippen molar-refractivity contribution < 1.29 is 0 Å². The Labute approximate surface area is 87.6 Å². The standard InChI is InChI=1S/C11H15.Li.H/c1-2-3-5-8-11-9-6-4-7-10-11;;/h6-7,9-10H,2-3,5,8H2,1H3;;. The molecule has 0 saturated heterocycles. The molecular weight excluding hydrogens is 139 g/mol. The summed E-state index contributed by atoms with van der Waals surface area (Å²) in [7, 11) is 0. The molecule has 0 heterocycles.